The quantitative estimate of drug-likeness (QED) is 0.767. The van der Waals surface area contributed by atoms with Gasteiger partial charge in [-0.15, -0.1) is 23.2 Å². The highest BCUT2D eigenvalue weighted by molar-refractivity contribution is 6.28. The monoisotopic (exact) mass is 353 g/mol. The number of rotatable bonds is 3. The van der Waals surface area contributed by atoms with Crippen LogP contribution in [0.15, 0.2) is 30.3 Å². The van der Waals surface area contributed by atoms with Crippen molar-refractivity contribution in [2.24, 2.45) is 17.8 Å². The Morgan fingerprint density at radius 1 is 1.22 bits per heavy atom. The molecule has 3 nitrogen and oxygen atoms in total. The lowest BCUT2D eigenvalue weighted by Crippen LogP contribution is -2.62. The molecule has 0 spiro atoms. The van der Waals surface area contributed by atoms with Gasteiger partial charge in [0.05, 0.1) is 10.9 Å². The first-order valence-electron chi connectivity index (χ1n) is 8.31. The molecular formula is C18H21Cl2NO2. The van der Waals surface area contributed by atoms with Crippen LogP contribution in [0.4, 0.5) is 4.79 Å². The Balaban J connectivity index is 1.73. The number of hydrogen-bond acceptors (Lipinski definition) is 1. The summed E-state index contributed by atoms with van der Waals surface area (Å²) in [5.74, 6) is 1.09. The number of carboxylic acid groups (broad SMARTS) is 1. The number of alkyl halides is 2. The predicted molar refractivity (Wildman–Crippen MR) is 91.1 cm³/mol. The zero-order valence-corrected chi connectivity index (χ0v) is 14.4. The number of hydrogen-bond donors (Lipinski definition) is 2. The lowest BCUT2D eigenvalue weighted by Gasteiger charge is -2.63. The Labute approximate surface area is 146 Å². The van der Waals surface area contributed by atoms with Crippen molar-refractivity contribution in [1.29, 1.82) is 0 Å². The molecule has 1 aromatic rings. The minimum atomic E-state index is -0.992. The van der Waals surface area contributed by atoms with Gasteiger partial charge < -0.3 is 10.4 Å². The summed E-state index contributed by atoms with van der Waals surface area (Å²) in [5, 5.41) is 12.1. The molecule has 2 N–H and O–H groups in total. The highest BCUT2D eigenvalue weighted by atomic mass is 35.5. The fraction of sp³-hybridized carbons (Fsp3) is 0.611. The molecule has 0 saturated heterocycles. The third-order valence-electron chi connectivity index (χ3n) is 6.06. The van der Waals surface area contributed by atoms with Gasteiger partial charge in [0.25, 0.3) is 0 Å². The van der Waals surface area contributed by atoms with E-state index >= 15 is 0 Å². The van der Waals surface area contributed by atoms with Gasteiger partial charge in [0, 0.05) is 10.8 Å². The Hall–Kier alpha value is -0.930. The summed E-state index contributed by atoms with van der Waals surface area (Å²) in [6.07, 6.45) is 3.88. The Morgan fingerprint density at radius 3 is 2.57 bits per heavy atom. The average Bonchev–Trinajstić information content (AvgIpc) is 2.43. The maximum absolute atomic E-state index is 11.4. The summed E-state index contributed by atoms with van der Waals surface area (Å²) >= 11 is 13.9. The van der Waals surface area contributed by atoms with Crippen LogP contribution in [0.25, 0.3) is 0 Å². The van der Waals surface area contributed by atoms with Gasteiger partial charge in [-0.1, -0.05) is 30.3 Å². The van der Waals surface area contributed by atoms with E-state index in [2.05, 4.69) is 5.32 Å². The van der Waals surface area contributed by atoms with Crippen molar-refractivity contribution in [2.45, 2.75) is 47.9 Å². The molecule has 5 heteroatoms. The highest BCUT2D eigenvalue weighted by Crippen LogP contribution is 2.66. The minimum absolute atomic E-state index is 0.103. The van der Waals surface area contributed by atoms with Crippen molar-refractivity contribution in [3.63, 3.8) is 0 Å². The van der Waals surface area contributed by atoms with Crippen LogP contribution in [0, 0.1) is 17.8 Å². The zero-order valence-electron chi connectivity index (χ0n) is 12.8. The van der Waals surface area contributed by atoms with Crippen molar-refractivity contribution in [2.75, 3.05) is 0 Å². The molecular weight excluding hydrogens is 333 g/mol. The van der Waals surface area contributed by atoms with Crippen molar-refractivity contribution in [3.8, 4) is 0 Å². The molecule has 1 aromatic carbocycles. The molecule has 4 aliphatic carbocycles. The van der Waals surface area contributed by atoms with E-state index in [0.29, 0.717) is 11.8 Å². The number of carbonyl (C=O) groups is 1. The van der Waals surface area contributed by atoms with Crippen LogP contribution in [0.2, 0.25) is 0 Å². The van der Waals surface area contributed by atoms with Gasteiger partial charge in [0.15, 0.2) is 0 Å². The normalized spacial score (nSPS) is 42.4. The van der Waals surface area contributed by atoms with E-state index in [1.54, 1.807) is 0 Å². The first-order chi connectivity index (χ1) is 10.9. The molecule has 1 amide bonds. The van der Waals surface area contributed by atoms with Gasteiger partial charge in [0.2, 0.25) is 0 Å². The second kappa shape index (κ2) is 5.29. The summed E-state index contributed by atoms with van der Waals surface area (Å²) < 4.78 is 0. The second-order valence-corrected chi connectivity index (χ2v) is 9.25. The van der Waals surface area contributed by atoms with Crippen LogP contribution >= 0.6 is 23.2 Å². The third kappa shape index (κ3) is 2.62. The summed E-state index contributed by atoms with van der Waals surface area (Å²) in [7, 11) is 0. The molecule has 124 valence electrons. The molecule has 23 heavy (non-hydrogen) atoms. The molecule has 0 radical (unpaired) electrons. The topological polar surface area (TPSA) is 49.3 Å². The van der Waals surface area contributed by atoms with Crippen LogP contribution in [0.1, 0.15) is 43.7 Å². The maximum Gasteiger partial charge on any atom is 0.405 e. The Morgan fingerprint density at radius 2 is 1.96 bits per heavy atom. The van der Waals surface area contributed by atoms with Gasteiger partial charge in [-0.2, -0.15) is 0 Å². The minimum Gasteiger partial charge on any atom is -0.465 e. The van der Waals surface area contributed by atoms with E-state index in [4.69, 9.17) is 23.2 Å². The molecule has 6 atom stereocenters. The van der Waals surface area contributed by atoms with Crippen molar-refractivity contribution < 1.29 is 9.90 Å². The van der Waals surface area contributed by atoms with Gasteiger partial charge in [-0.3, -0.25) is 0 Å². The number of nitrogens with one attached hydrogen (secondary N) is 1. The SMILES string of the molecule is O=C(O)NC(c1ccccc1)[C@H]1[C@H]2C[C@@H]3C[C@](Cl)(C2)C[C@@]1(Cl)C3. The third-order valence-corrected chi connectivity index (χ3v) is 7.04. The van der Waals surface area contributed by atoms with Crippen molar-refractivity contribution in [3.05, 3.63) is 35.9 Å². The summed E-state index contributed by atoms with van der Waals surface area (Å²) in [4.78, 5) is 10.8. The zero-order chi connectivity index (χ0) is 16.2. The van der Waals surface area contributed by atoms with Crippen LogP contribution in [-0.2, 0) is 0 Å². The molecule has 0 aromatic heterocycles. The van der Waals surface area contributed by atoms with Gasteiger partial charge in [0.1, 0.15) is 0 Å². The van der Waals surface area contributed by atoms with Crippen molar-refractivity contribution >= 4 is 29.3 Å². The Bertz CT molecular complexity index is 625. The van der Waals surface area contributed by atoms with E-state index in [-0.39, 0.29) is 16.8 Å². The molecule has 4 saturated carbocycles. The van der Waals surface area contributed by atoms with Crippen LogP contribution < -0.4 is 5.32 Å². The first-order valence-corrected chi connectivity index (χ1v) is 9.06. The van der Waals surface area contributed by atoms with E-state index < -0.39 is 11.0 Å². The van der Waals surface area contributed by atoms with E-state index in [1.807, 2.05) is 30.3 Å². The average molecular weight is 354 g/mol. The molecule has 0 heterocycles. The van der Waals surface area contributed by atoms with Gasteiger partial charge in [-0.25, -0.2) is 4.79 Å². The fourth-order valence-electron chi connectivity index (χ4n) is 5.74. The standard InChI is InChI=1S/C18H21Cl2NO2/c19-17-7-11-6-13(9-17)14(18(20,8-11)10-17)15(21-16(22)23)12-4-2-1-3-5-12/h1-5,11,13-15,21H,6-10H2,(H,22,23)/t11-,13+,14-,15?,17+,18+/m1/s1. The summed E-state index contributed by atoms with van der Waals surface area (Å²) in [6.45, 7) is 0. The van der Waals surface area contributed by atoms with E-state index in [1.165, 1.54) is 0 Å². The fourth-order valence-corrected chi connectivity index (χ4v) is 7.24. The van der Waals surface area contributed by atoms with E-state index in [9.17, 15) is 9.90 Å². The smallest absolute Gasteiger partial charge is 0.405 e. The lowest BCUT2D eigenvalue weighted by atomic mass is 9.49. The lowest BCUT2D eigenvalue weighted by molar-refractivity contribution is -0.0237. The second-order valence-electron chi connectivity index (χ2n) is 7.70. The van der Waals surface area contributed by atoms with Gasteiger partial charge in [-0.05, 0) is 49.5 Å². The van der Waals surface area contributed by atoms with Crippen LogP contribution in [-0.4, -0.2) is 20.9 Å². The molecule has 0 aliphatic heterocycles. The largest absolute Gasteiger partial charge is 0.465 e. The van der Waals surface area contributed by atoms with Crippen molar-refractivity contribution in [1.82, 2.24) is 5.32 Å². The number of halogens is 2. The Kier molecular flexibility index (Phi) is 3.58. The molecule has 5 rings (SSSR count). The highest BCUT2D eigenvalue weighted by Gasteiger charge is 2.63. The predicted octanol–water partition coefficient (Wildman–Crippen LogP) is 4.79. The first kappa shape index (κ1) is 15.6. The van der Waals surface area contributed by atoms with Crippen LogP contribution in [0.5, 0.6) is 0 Å². The summed E-state index contributed by atoms with van der Waals surface area (Å²) in [5.41, 5.74) is 0.996. The van der Waals surface area contributed by atoms with Gasteiger partial charge >= 0.3 is 6.09 Å². The molecule has 4 fully saturated rings. The molecule has 1 unspecified atom stereocenters. The number of benzene rings is 1. The van der Waals surface area contributed by atoms with Crippen LogP contribution in [0.3, 0.4) is 0 Å². The summed E-state index contributed by atoms with van der Waals surface area (Å²) in [6, 6.07) is 9.56. The molecule has 4 aliphatic rings. The van der Waals surface area contributed by atoms with E-state index in [0.717, 1.165) is 37.7 Å². The number of amides is 1. The maximum atomic E-state index is 11.4. The molecule has 4 bridgehead atoms.